The van der Waals surface area contributed by atoms with E-state index in [1.807, 2.05) is 0 Å². The van der Waals surface area contributed by atoms with Gasteiger partial charge < -0.3 is 5.32 Å². The number of benzene rings is 1. The molecule has 20 heavy (non-hydrogen) atoms. The molecule has 1 aliphatic carbocycles. The highest BCUT2D eigenvalue weighted by molar-refractivity contribution is 5.25. The molecule has 0 bridgehead atoms. The average molecular weight is 273 g/mol. The third-order valence-electron chi connectivity index (χ3n) is 4.77. The molecule has 0 saturated heterocycles. The summed E-state index contributed by atoms with van der Waals surface area (Å²) in [6.07, 6.45) is 8.24. The van der Waals surface area contributed by atoms with E-state index in [4.69, 9.17) is 0 Å². The Balaban J connectivity index is 2.01. The van der Waals surface area contributed by atoms with E-state index in [0.717, 1.165) is 18.5 Å². The maximum absolute atomic E-state index is 3.72. The lowest BCUT2D eigenvalue weighted by atomic mass is 9.87. The van der Waals surface area contributed by atoms with E-state index in [1.54, 1.807) is 0 Å². The highest BCUT2D eigenvalue weighted by atomic mass is 14.9. The zero-order chi connectivity index (χ0) is 14.4. The molecular weight excluding hydrogens is 242 g/mol. The van der Waals surface area contributed by atoms with Gasteiger partial charge in [-0.1, -0.05) is 64.3 Å². The molecule has 1 aromatic rings. The topological polar surface area (TPSA) is 12.0 Å². The van der Waals surface area contributed by atoms with Crippen molar-refractivity contribution in [2.45, 2.75) is 71.3 Å². The fraction of sp³-hybridized carbons (Fsp3) is 0.684. The van der Waals surface area contributed by atoms with E-state index in [9.17, 15) is 0 Å². The van der Waals surface area contributed by atoms with Gasteiger partial charge in [0.1, 0.15) is 0 Å². The zero-order valence-electron chi connectivity index (χ0n) is 13.5. The van der Waals surface area contributed by atoms with Crippen molar-refractivity contribution < 1.29 is 0 Å². The minimum Gasteiger partial charge on any atom is -0.314 e. The average Bonchev–Trinajstić information content (AvgIpc) is 2.66. The fourth-order valence-corrected chi connectivity index (χ4v) is 3.50. The molecule has 1 N–H and O–H groups in total. The second-order valence-electron chi connectivity index (χ2n) is 6.66. The molecule has 2 atom stereocenters. The first-order valence-corrected chi connectivity index (χ1v) is 8.53. The summed E-state index contributed by atoms with van der Waals surface area (Å²) >= 11 is 0. The maximum atomic E-state index is 3.72. The highest BCUT2D eigenvalue weighted by Crippen LogP contribution is 2.27. The molecule has 1 saturated carbocycles. The minimum absolute atomic E-state index is 0.636. The van der Waals surface area contributed by atoms with E-state index in [-0.39, 0.29) is 0 Å². The lowest BCUT2D eigenvalue weighted by Crippen LogP contribution is -2.36. The van der Waals surface area contributed by atoms with Crippen LogP contribution in [-0.2, 0) is 6.42 Å². The Morgan fingerprint density at radius 1 is 1.05 bits per heavy atom. The third kappa shape index (κ3) is 4.34. The molecule has 112 valence electrons. The first kappa shape index (κ1) is 15.6. The van der Waals surface area contributed by atoms with Crippen molar-refractivity contribution in [1.29, 1.82) is 0 Å². The summed E-state index contributed by atoms with van der Waals surface area (Å²) in [4.78, 5) is 0. The van der Waals surface area contributed by atoms with Gasteiger partial charge in [0.15, 0.2) is 0 Å². The molecule has 1 nitrogen and oxygen atoms in total. The summed E-state index contributed by atoms with van der Waals surface area (Å²) < 4.78 is 0. The summed E-state index contributed by atoms with van der Waals surface area (Å²) in [6.45, 7) is 7.87. The number of hydrogen-bond donors (Lipinski definition) is 1. The van der Waals surface area contributed by atoms with Crippen LogP contribution in [0.15, 0.2) is 24.3 Å². The number of hydrogen-bond acceptors (Lipinski definition) is 1. The largest absolute Gasteiger partial charge is 0.314 e. The van der Waals surface area contributed by atoms with Crippen molar-refractivity contribution in [3.05, 3.63) is 35.4 Å². The summed E-state index contributed by atoms with van der Waals surface area (Å²) in [5.41, 5.74) is 2.97. The Morgan fingerprint density at radius 3 is 2.40 bits per heavy atom. The predicted octanol–water partition coefficient (Wildman–Crippen LogP) is 4.91. The van der Waals surface area contributed by atoms with Crippen LogP contribution in [0, 0.1) is 5.92 Å². The molecule has 1 fully saturated rings. The van der Waals surface area contributed by atoms with Gasteiger partial charge in [-0.15, -0.1) is 0 Å². The lowest BCUT2D eigenvalue weighted by molar-refractivity contribution is 0.337. The number of rotatable bonds is 5. The van der Waals surface area contributed by atoms with Crippen LogP contribution in [0.2, 0.25) is 0 Å². The van der Waals surface area contributed by atoms with Crippen LogP contribution in [0.5, 0.6) is 0 Å². The molecule has 0 spiro atoms. The van der Waals surface area contributed by atoms with Crippen molar-refractivity contribution in [3.63, 3.8) is 0 Å². The van der Waals surface area contributed by atoms with Gasteiger partial charge in [0.05, 0.1) is 0 Å². The second-order valence-corrected chi connectivity index (χ2v) is 6.66. The quantitative estimate of drug-likeness (QED) is 0.752. The molecule has 1 aliphatic rings. The van der Waals surface area contributed by atoms with E-state index in [2.05, 4.69) is 50.4 Å². The molecule has 0 amide bonds. The smallest absolute Gasteiger partial charge is 0.00983 e. The van der Waals surface area contributed by atoms with Crippen LogP contribution in [0.4, 0.5) is 0 Å². The maximum Gasteiger partial charge on any atom is 0.00983 e. The normalized spacial score (nSPS) is 23.8. The SMILES string of the molecule is CCNC1CCCCCC1Cc1ccc(C(C)C)cc1. The van der Waals surface area contributed by atoms with E-state index < -0.39 is 0 Å². The van der Waals surface area contributed by atoms with Crippen molar-refractivity contribution in [3.8, 4) is 0 Å². The molecule has 0 aliphatic heterocycles. The standard InChI is InChI=1S/C19H31N/c1-4-20-19-9-7-5-6-8-18(19)14-16-10-12-17(13-11-16)15(2)3/h10-13,15,18-20H,4-9,14H2,1-3H3. The Kier molecular flexibility index (Phi) is 6.09. The Labute approximate surface area is 125 Å². The molecule has 0 radical (unpaired) electrons. The Hall–Kier alpha value is -0.820. The third-order valence-corrected chi connectivity index (χ3v) is 4.77. The second kappa shape index (κ2) is 7.83. The van der Waals surface area contributed by atoms with Crippen LogP contribution >= 0.6 is 0 Å². The predicted molar refractivity (Wildman–Crippen MR) is 88.3 cm³/mol. The van der Waals surface area contributed by atoms with Crippen LogP contribution < -0.4 is 5.32 Å². The van der Waals surface area contributed by atoms with Crippen molar-refractivity contribution in [1.82, 2.24) is 5.32 Å². The molecule has 0 aromatic heterocycles. The van der Waals surface area contributed by atoms with Gasteiger partial charge in [-0.3, -0.25) is 0 Å². The molecule has 2 unspecified atom stereocenters. The van der Waals surface area contributed by atoms with Gasteiger partial charge in [-0.25, -0.2) is 0 Å². The van der Waals surface area contributed by atoms with E-state index >= 15 is 0 Å². The van der Waals surface area contributed by atoms with Crippen molar-refractivity contribution >= 4 is 0 Å². The first-order chi connectivity index (χ1) is 9.70. The van der Waals surface area contributed by atoms with E-state index in [0.29, 0.717) is 5.92 Å². The van der Waals surface area contributed by atoms with E-state index in [1.165, 1.54) is 49.7 Å². The first-order valence-electron chi connectivity index (χ1n) is 8.53. The van der Waals surface area contributed by atoms with Gasteiger partial charge in [0, 0.05) is 6.04 Å². The number of nitrogens with one attached hydrogen (secondary N) is 1. The fourth-order valence-electron chi connectivity index (χ4n) is 3.50. The van der Waals surface area contributed by atoms with Crippen LogP contribution in [-0.4, -0.2) is 12.6 Å². The van der Waals surface area contributed by atoms with Gasteiger partial charge in [0.2, 0.25) is 0 Å². The summed E-state index contributed by atoms with van der Waals surface area (Å²) in [6, 6.07) is 10.1. The van der Waals surface area contributed by atoms with Crippen LogP contribution in [0.3, 0.4) is 0 Å². The van der Waals surface area contributed by atoms with Gasteiger partial charge in [0.25, 0.3) is 0 Å². The monoisotopic (exact) mass is 273 g/mol. The Bertz CT molecular complexity index is 379. The Morgan fingerprint density at radius 2 is 1.75 bits per heavy atom. The molecule has 0 heterocycles. The van der Waals surface area contributed by atoms with Crippen LogP contribution in [0.1, 0.15) is 69.9 Å². The molecular formula is C19H31N. The molecule has 1 aromatic carbocycles. The molecule has 1 heteroatoms. The van der Waals surface area contributed by atoms with Crippen LogP contribution in [0.25, 0.3) is 0 Å². The van der Waals surface area contributed by atoms with Gasteiger partial charge in [-0.05, 0) is 48.8 Å². The van der Waals surface area contributed by atoms with Gasteiger partial charge in [-0.2, -0.15) is 0 Å². The van der Waals surface area contributed by atoms with Crippen molar-refractivity contribution in [2.75, 3.05) is 6.54 Å². The van der Waals surface area contributed by atoms with Gasteiger partial charge >= 0.3 is 0 Å². The van der Waals surface area contributed by atoms with Crippen molar-refractivity contribution in [2.24, 2.45) is 5.92 Å². The lowest BCUT2D eigenvalue weighted by Gasteiger charge is -2.26. The molecule has 2 rings (SSSR count). The summed E-state index contributed by atoms with van der Waals surface area (Å²) in [7, 11) is 0. The summed E-state index contributed by atoms with van der Waals surface area (Å²) in [5, 5.41) is 3.72. The zero-order valence-corrected chi connectivity index (χ0v) is 13.5. The summed E-state index contributed by atoms with van der Waals surface area (Å²) in [5.74, 6) is 1.46. The minimum atomic E-state index is 0.636. The highest BCUT2D eigenvalue weighted by Gasteiger charge is 2.22.